The van der Waals surface area contributed by atoms with Crippen molar-refractivity contribution in [2.24, 2.45) is 22.4 Å². The molecule has 12 nitrogen and oxygen atoms in total. The molecule has 1 heterocycles. The van der Waals surface area contributed by atoms with Crippen LogP contribution in [0.15, 0.2) is 35.5 Å². The zero-order valence-corrected chi connectivity index (χ0v) is 16.8. The van der Waals surface area contributed by atoms with Crippen LogP contribution in [0.1, 0.15) is 18.4 Å². The van der Waals surface area contributed by atoms with E-state index >= 15 is 0 Å². The van der Waals surface area contributed by atoms with Crippen LogP contribution in [0.3, 0.4) is 0 Å². The Morgan fingerprint density at radius 1 is 1.16 bits per heavy atom. The monoisotopic (exact) mass is 433 g/mol. The molecule has 0 aliphatic carbocycles. The summed E-state index contributed by atoms with van der Waals surface area (Å²) in [6, 6.07) is 5.27. The van der Waals surface area contributed by atoms with Crippen molar-refractivity contribution in [1.29, 1.82) is 0 Å². The lowest BCUT2D eigenvalue weighted by molar-refractivity contribution is -0.142. The highest BCUT2D eigenvalue weighted by Gasteiger charge is 2.27. The first-order chi connectivity index (χ1) is 14.8. The molecule has 31 heavy (non-hydrogen) atoms. The largest absolute Gasteiger partial charge is 0.480 e. The number of H-pyrrole nitrogens is 1. The fourth-order valence-electron chi connectivity index (χ4n) is 3.07. The second kappa shape index (κ2) is 11.5. The van der Waals surface area contributed by atoms with Crippen LogP contribution in [0.25, 0.3) is 10.9 Å². The van der Waals surface area contributed by atoms with E-state index in [2.05, 4.69) is 25.4 Å². The number of amides is 2. The number of carboxylic acids is 1. The van der Waals surface area contributed by atoms with Gasteiger partial charge in [-0.05, 0) is 24.5 Å². The summed E-state index contributed by atoms with van der Waals surface area (Å²) in [5.41, 5.74) is 12.1. The number of guanidine groups is 1. The quantitative estimate of drug-likeness (QED) is 0.0923. The molecule has 2 amide bonds. The van der Waals surface area contributed by atoms with Crippen LogP contribution in [0, 0.1) is 0 Å². The van der Waals surface area contributed by atoms with Crippen molar-refractivity contribution in [1.82, 2.24) is 15.6 Å². The topological polar surface area (TPSA) is 211 Å². The van der Waals surface area contributed by atoms with Gasteiger partial charge in [-0.1, -0.05) is 18.2 Å². The Morgan fingerprint density at radius 3 is 2.58 bits per heavy atom. The molecule has 0 fully saturated rings. The van der Waals surface area contributed by atoms with Gasteiger partial charge >= 0.3 is 5.97 Å². The number of nitrogens with two attached hydrogens (primary N) is 3. The lowest BCUT2D eigenvalue weighted by Gasteiger charge is -2.21. The highest BCUT2D eigenvalue weighted by molar-refractivity contribution is 5.92. The lowest BCUT2D eigenvalue weighted by Crippen LogP contribution is -2.53. The van der Waals surface area contributed by atoms with Crippen LogP contribution in [-0.4, -0.2) is 59.1 Å². The van der Waals surface area contributed by atoms with E-state index in [0.717, 1.165) is 16.5 Å². The minimum absolute atomic E-state index is 0.0976. The molecule has 0 aliphatic rings. The van der Waals surface area contributed by atoms with Crippen molar-refractivity contribution in [3.8, 4) is 0 Å². The minimum atomic E-state index is -1.21. The second-order valence-corrected chi connectivity index (χ2v) is 6.84. The third-order valence-electron chi connectivity index (χ3n) is 4.52. The summed E-state index contributed by atoms with van der Waals surface area (Å²) in [4.78, 5) is 47.6. The number of nitrogens with one attached hydrogen (secondary N) is 3. The van der Waals surface area contributed by atoms with Gasteiger partial charge in [0.15, 0.2) is 5.96 Å². The molecule has 2 rings (SSSR count). The maximum absolute atomic E-state index is 12.9. The number of rotatable bonds is 12. The number of carboxylic acid groups (broad SMARTS) is 1. The number of hydrogen-bond acceptors (Lipinski definition) is 6. The number of aliphatic imine (C=N–C) groups is 1. The van der Waals surface area contributed by atoms with Crippen LogP contribution >= 0.6 is 0 Å². The van der Waals surface area contributed by atoms with Gasteiger partial charge in [0, 0.05) is 30.1 Å². The number of fused-ring (bicyclic) bond motifs is 1. The first-order valence-electron chi connectivity index (χ1n) is 9.56. The Kier molecular flexibility index (Phi) is 8.78. The molecule has 0 spiro atoms. The number of hydrogen-bond donors (Lipinski definition) is 7. The molecule has 0 unspecified atom stereocenters. The average Bonchev–Trinajstić information content (AvgIpc) is 3.12. The van der Waals surface area contributed by atoms with Gasteiger partial charge in [-0.2, -0.15) is 0 Å². The zero-order chi connectivity index (χ0) is 22.8. The third-order valence-corrected chi connectivity index (χ3v) is 4.52. The van der Waals surface area contributed by atoms with Crippen LogP contribution in [0.4, 0.5) is 0 Å². The fourth-order valence-corrected chi connectivity index (χ4v) is 3.07. The van der Waals surface area contributed by atoms with Crippen LogP contribution in [0.2, 0.25) is 0 Å². The van der Waals surface area contributed by atoms with Crippen molar-refractivity contribution >= 4 is 34.6 Å². The summed E-state index contributed by atoms with van der Waals surface area (Å²) in [7, 11) is 0. The molecule has 10 N–H and O–H groups in total. The van der Waals surface area contributed by atoms with Gasteiger partial charge in [-0.25, -0.2) is 10.7 Å². The summed E-state index contributed by atoms with van der Waals surface area (Å²) in [5.74, 6) is 2.37. The molecular weight excluding hydrogens is 406 g/mol. The van der Waals surface area contributed by atoms with E-state index in [4.69, 9.17) is 17.4 Å². The molecule has 168 valence electrons. The molecule has 0 bridgehead atoms. The first-order valence-corrected chi connectivity index (χ1v) is 9.56. The molecule has 2 aromatic rings. The third kappa shape index (κ3) is 7.28. The van der Waals surface area contributed by atoms with Gasteiger partial charge in [0.25, 0.3) is 0 Å². The van der Waals surface area contributed by atoms with Crippen molar-refractivity contribution in [3.05, 3.63) is 36.0 Å². The van der Waals surface area contributed by atoms with Gasteiger partial charge in [-0.15, -0.1) is 0 Å². The molecule has 12 heteroatoms. The van der Waals surface area contributed by atoms with Gasteiger partial charge in [0.05, 0.1) is 0 Å². The number of para-hydroxylation sites is 1. The highest BCUT2D eigenvalue weighted by atomic mass is 16.6. The smallest absolute Gasteiger partial charge is 0.326 e. The Morgan fingerprint density at radius 2 is 1.90 bits per heavy atom. The normalized spacial score (nSPS) is 12.7. The number of carbonyl (C=O) groups excluding carboxylic acids is 2. The standard InChI is InChI=1S/C19H27N7O5/c20-19(21)23-7-3-6-14(18(29)30)26-17(28)15(25-16(27)10-31-22)8-11-9-24-13-5-2-1-4-12(11)13/h1-2,4-5,9,14-15,24H,3,6-8,10,22H2,(H,25,27)(H,26,28)(H,29,30)(H4,20,21,23)/t14-,15-/m0/s1. The molecule has 0 radical (unpaired) electrons. The SMILES string of the molecule is NOCC(=O)N[C@@H](Cc1c[nH]c2ccccc12)C(=O)N[C@@H](CCCN=C(N)N)C(=O)O. The molecule has 0 saturated carbocycles. The number of benzene rings is 1. The van der Waals surface area contributed by atoms with Crippen molar-refractivity contribution < 1.29 is 24.3 Å². The Hall–Kier alpha value is -3.64. The number of aromatic amines is 1. The van der Waals surface area contributed by atoms with Crippen LogP contribution in [0.5, 0.6) is 0 Å². The average molecular weight is 433 g/mol. The van der Waals surface area contributed by atoms with E-state index < -0.39 is 36.5 Å². The number of aliphatic carboxylic acids is 1. The summed E-state index contributed by atoms with van der Waals surface area (Å²) in [5, 5.41) is 15.3. The highest BCUT2D eigenvalue weighted by Crippen LogP contribution is 2.19. The van der Waals surface area contributed by atoms with E-state index in [0.29, 0.717) is 6.42 Å². The number of nitrogens with zero attached hydrogens (tertiary/aromatic N) is 1. The molecule has 1 aromatic heterocycles. The van der Waals surface area contributed by atoms with Crippen molar-refractivity contribution in [3.63, 3.8) is 0 Å². The molecular formula is C19H27N7O5. The Balaban J connectivity index is 2.13. The van der Waals surface area contributed by atoms with Gasteiger partial charge in [0.2, 0.25) is 11.8 Å². The predicted molar refractivity (Wildman–Crippen MR) is 114 cm³/mol. The maximum Gasteiger partial charge on any atom is 0.326 e. The zero-order valence-electron chi connectivity index (χ0n) is 16.8. The van der Waals surface area contributed by atoms with E-state index in [1.165, 1.54) is 0 Å². The Bertz CT molecular complexity index is 939. The second-order valence-electron chi connectivity index (χ2n) is 6.84. The molecule has 2 atom stereocenters. The minimum Gasteiger partial charge on any atom is -0.480 e. The van der Waals surface area contributed by atoms with Crippen molar-refractivity contribution in [2.45, 2.75) is 31.3 Å². The summed E-state index contributed by atoms with van der Waals surface area (Å²) in [6.45, 7) is -0.218. The molecule has 0 saturated heterocycles. The fraction of sp³-hybridized carbons (Fsp3) is 0.368. The van der Waals surface area contributed by atoms with E-state index in [1.807, 2.05) is 24.3 Å². The van der Waals surface area contributed by atoms with E-state index in [9.17, 15) is 19.5 Å². The van der Waals surface area contributed by atoms with E-state index in [-0.39, 0.29) is 25.3 Å². The summed E-state index contributed by atoms with van der Waals surface area (Å²) < 4.78 is 0. The number of aromatic nitrogens is 1. The molecule has 1 aromatic carbocycles. The van der Waals surface area contributed by atoms with Gasteiger partial charge in [0.1, 0.15) is 18.7 Å². The summed E-state index contributed by atoms with van der Waals surface area (Å²) in [6.07, 6.45) is 2.32. The number of carbonyl (C=O) groups is 3. The van der Waals surface area contributed by atoms with Gasteiger partial charge < -0.3 is 32.2 Å². The first kappa shape index (κ1) is 23.6. The van der Waals surface area contributed by atoms with Crippen molar-refractivity contribution in [2.75, 3.05) is 13.2 Å². The van der Waals surface area contributed by atoms with Crippen LogP contribution < -0.4 is 28.0 Å². The summed E-state index contributed by atoms with van der Waals surface area (Å²) >= 11 is 0. The Labute approximate surface area is 178 Å². The van der Waals surface area contributed by atoms with E-state index in [1.54, 1.807) is 6.20 Å². The van der Waals surface area contributed by atoms with Crippen LogP contribution in [-0.2, 0) is 25.6 Å². The predicted octanol–water partition coefficient (Wildman–Crippen LogP) is -1.29. The lowest BCUT2D eigenvalue weighted by atomic mass is 10.0. The molecule has 0 aliphatic heterocycles. The maximum atomic E-state index is 12.9. The van der Waals surface area contributed by atoms with Gasteiger partial charge in [-0.3, -0.25) is 19.4 Å².